The Morgan fingerprint density at radius 2 is 1.86 bits per heavy atom. The first-order valence-electron chi connectivity index (χ1n) is 8.27. The van der Waals surface area contributed by atoms with Crippen LogP contribution in [0.25, 0.3) is 11.1 Å². The topological polar surface area (TPSA) is 42.2 Å². The molecule has 22 heavy (non-hydrogen) atoms. The van der Waals surface area contributed by atoms with Crippen LogP contribution in [-0.2, 0) is 19.4 Å². The van der Waals surface area contributed by atoms with Crippen LogP contribution in [0.5, 0.6) is 5.75 Å². The molecule has 3 heteroatoms. The Bertz CT molecular complexity index is 716. The number of pyridine rings is 1. The zero-order valence-corrected chi connectivity index (χ0v) is 13.1. The maximum atomic E-state index is 13.0. The lowest BCUT2D eigenvalue weighted by Gasteiger charge is -2.24. The highest BCUT2D eigenvalue weighted by molar-refractivity contribution is 5.71. The van der Waals surface area contributed by atoms with E-state index in [-0.39, 0.29) is 11.3 Å². The predicted molar refractivity (Wildman–Crippen MR) is 89.4 cm³/mol. The second-order valence-corrected chi connectivity index (χ2v) is 6.03. The summed E-state index contributed by atoms with van der Waals surface area (Å²) in [7, 11) is 0. The van der Waals surface area contributed by atoms with Gasteiger partial charge in [0.1, 0.15) is 5.75 Å². The van der Waals surface area contributed by atoms with Crippen LogP contribution in [0, 0.1) is 0 Å². The minimum absolute atomic E-state index is 0.0437. The van der Waals surface area contributed by atoms with Crippen LogP contribution in [0.15, 0.2) is 35.1 Å². The Kier molecular flexibility index (Phi) is 4.32. The molecular weight excluding hydrogens is 274 g/mol. The Balaban J connectivity index is 2.24. The van der Waals surface area contributed by atoms with Gasteiger partial charge in [-0.05, 0) is 37.7 Å². The lowest BCUT2D eigenvalue weighted by Crippen LogP contribution is -2.28. The number of nitrogens with zero attached hydrogens (tertiary/aromatic N) is 1. The van der Waals surface area contributed by atoms with Crippen LogP contribution in [0.3, 0.4) is 0 Å². The summed E-state index contributed by atoms with van der Waals surface area (Å²) in [6.07, 6.45) is 6.00. The maximum Gasteiger partial charge on any atom is 0.262 e. The van der Waals surface area contributed by atoms with Crippen molar-refractivity contribution in [2.24, 2.45) is 0 Å². The van der Waals surface area contributed by atoms with Gasteiger partial charge in [0.2, 0.25) is 0 Å². The SMILES string of the molecule is CCCCn1c2c(c(O)c(-c3ccccc3)c1=O)CCCC2. The lowest BCUT2D eigenvalue weighted by molar-refractivity contribution is 0.450. The molecule has 0 unspecified atom stereocenters. The summed E-state index contributed by atoms with van der Waals surface area (Å²) >= 11 is 0. The number of hydrogen-bond acceptors (Lipinski definition) is 2. The van der Waals surface area contributed by atoms with Gasteiger partial charge in [0.25, 0.3) is 5.56 Å². The van der Waals surface area contributed by atoms with E-state index in [2.05, 4.69) is 6.92 Å². The second-order valence-electron chi connectivity index (χ2n) is 6.03. The summed E-state index contributed by atoms with van der Waals surface area (Å²) in [5, 5.41) is 10.7. The summed E-state index contributed by atoms with van der Waals surface area (Å²) in [6, 6.07) is 9.54. The van der Waals surface area contributed by atoms with E-state index in [4.69, 9.17) is 0 Å². The largest absolute Gasteiger partial charge is 0.507 e. The van der Waals surface area contributed by atoms with E-state index >= 15 is 0 Å². The van der Waals surface area contributed by atoms with Gasteiger partial charge in [-0.25, -0.2) is 0 Å². The third kappa shape index (κ3) is 2.56. The predicted octanol–water partition coefficient (Wildman–Crippen LogP) is 3.90. The van der Waals surface area contributed by atoms with E-state index in [0.717, 1.165) is 61.9 Å². The van der Waals surface area contributed by atoms with Gasteiger partial charge in [0, 0.05) is 17.8 Å². The van der Waals surface area contributed by atoms with E-state index in [0.29, 0.717) is 5.56 Å². The smallest absolute Gasteiger partial charge is 0.262 e. The number of unbranched alkanes of at least 4 members (excludes halogenated alkanes) is 1. The Hall–Kier alpha value is -2.03. The Morgan fingerprint density at radius 1 is 1.14 bits per heavy atom. The van der Waals surface area contributed by atoms with Gasteiger partial charge >= 0.3 is 0 Å². The van der Waals surface area contributed by atoms with Gasteiger partial charge < -0.3 is 9.67 Å². The van der Waals surface area contributed by atoms with Crippen LogP contribution in [0.2, 0.25) is 0 Å². The molecule has 1 aliphatic rings. The molecule has 116 valence electrons. The zero-order chi connectivity index (χ0) is 15.5. The molecule has 1 aromatic carbocycles. The number of fused-ring (bicyclic) bond motifs is 1. The number of aromatic hydroxyl groups is 1. The summed E-state index contributed by atoms with van der Waals surface area (Å²) < 4.78 is 1.92. The molecule has 1 heterocycles. The number of hydrogen-bond donors (Lipinski definition) is 1. The fourth-order valence-electron chi connectivity index (χ4n) is 3.37. The second kappa shape index (κ2) is 6.39. The number of rotatable bonds is 4. The van der Waals surface area contributed by atoms with Crippen molar-refractivity contribution in [2.45, 2.75) is 52.0 Å². The minimum Gasteiger partial charge on any atom is -0.507 e. The standard InChI is InChI=1S/C19H23NO2/c1-2-3-13-20-16-12-8-7-11-15(16)18(21)17(19(20)22)14-9-5-4-6-10-14/h4-6,9-10,21H,2-3,7-8,11-13H2,1H3. The summed E-state index contributed by atoms with van der Waals surface area (Å²) in [5.41, 5.74) is 3.28. The lowest BCUT2D eigenvalue weighted by atomic mass is 9.91. The Labute approximate surface area is 131 Å². The third-order valence-electron chi connectivity index (χ3n) is 4.54. The zero-order valence-electron chi connectivity index (χ0n) is 13.1. The molecule has 0 saturated heterocycles. The summed E-state index contributed by atoms with van der Waals surface area (Å²) in [5.74, 6) is 0.207. The van der Waals surface area contributed by atoms with Gasteiger partial charge in [0.15, 0.2) is 0 Å². The molecule has 1 aromatic heterocycles. The third-order valence-corrected chi connectivity index (χ3v) is 4.54. The van der Waals surface area contributed by atoms with Crippen molar-refractivity contribution in [2.75, 3.05) is 0 Å². The molecule has 0 spiro atoms. The summed E-state index contributed by atoms with van der Waals surface area (Å²) in [6.45, 7) is 2.88. The molecule has 0 bridgehead atoms. The van der Waals surface area contributed by atoms with Gasteiger partial charge in [-0.15, -0.1) is 0 Å². The molecule has 1 aliphatic carbocycles. The highest BCUT2D eigenvalue weighted by Crippen LogP contribution is 2.35. The molecule has 2 aromatic rings. The van der Waals surface area contributed by atoms with Crippen LogP contribution in [0.1, 0.15) is 43.9 Å². The normalized spacial score (nSPS) is 13.9. The average Bonchev–Trinajstić information content (AvgIpc) is 2.56. The molecule has 0 radical (unpaired) electrons. The van der Waals surface area contributed by atoms with Gasteiger partial charge in [-0.2, -0.15) is 0 Å². The first kappa shape index (κ1) is 14.9. The highest BCUT2D eigenvalue weighted by Gasteiger charge is 2.23. The molecule has 0 fully saturated rings. The van der Waals surface area contributed by atoms with Crippen molar-refractivity contribution in [3.8, 4) is 16.9 Å². The van der Waals surface area contributed by atoms with Crippen LogP contribution in [0.4, 0.5) is 0 Å². The van der Waals surface area contributed by atoms with Gasteiger partial charge in [0.05, 0.1) is 5.56 Å². The maximum absolute atomic E-state index is 13.0. The minimum atomic E-state index is -0.0437. The van der Waals surface area contributed by atoms with E-state index < -0.39 is 0 Å². The van der Waals surface area contributed by atoms with Crippen LogP contribution < -0.4 is 5.56 Å². The molecule has 3 nitrogen and oxygen atoms in total. The van der Waals surface area contributed by atoms with E-state index in [9.17, 15) is 9.90 Å². The van der Waals surface area contributed by atoms with Crippen LogP contribution in [-0.4, -0.2) is 9.67 Å². The molecule has 0 amide bonds. The van der Waals surface area contributed by atoms with Crippen molar-refractivity contribution < 1.29 is 5.11 Å². The fraction of sp³-hybridized carbons (Fsp3) is 0.421. The van der Waals surface area contributed by atoms with Crippen molar-refractivity contribution in [3.05, 3.63) is 51.9 Å². The fourth-order valence-corrected chi connectivity index (χ4v) is 3.37. The molecule has 3 rings (SSSR count). The molecular formula is C19H23NO2. The Morgan fingerprint density at radius 3 is 2.59 bits per heavy atom. The molecule has 1 N–H and O–H groups in total. The van der Waals surface area contributed by atoms with Gasteiger partial charge in [-0.3, -0.25) is 4.79 Å². The van der Waals surface area contributed by atoms with Crippen molar-refractivity contribution >= 4 is 0 Å². The van der Waals surface area contributed by atoms with Crippen molar-refractivity contribution in [3.63, 3.8) is 0 Å². The van der Waals surface area contributed by atoms with Crippen molar-refractivity contribution in [1.29, 1.82) is 0 Å². The molecule has 0 atom stereocenters. The van der Waals surface area contributed by atoms with E-state index in [1.807, 2.05) is 34.9 Å². The highest BCUT2D eigenvalue weighted by atomic mass is 16.3. The number of benzene rings is 1. The number of aromatic nitrogens is 1. The summed E-state index contributed by atoms with van der Waals surface area (Å²) in [4.78, 5) is 13.0. The first-order chi connectivity index (χ1) is 10.7. The molecule has 0 saturated carbocycles. The first-order valence-corrected chi connectivity index (χ1v) is 8.27. The monoisotopic (exact) mass is 297 g/mol. The molecule has 0 aliphatic heterocycles. The average molecular weight is 297 g/mol. The quantitative estimate of drug-likeness (QED) is 0.930. The van der Waals surface area contributed by atoms with Crippen molar-refractivity contribution in [1.82, 2.24) is 4.57 Å². The van der Waals surface area contributed by atoms with Crippen LogP contribution >= 0.6 is 0 Å². The van der Waals surface area contributed by atoms with E-state index in [1.165, 1.54) is 0 Å². The van der Waals surface area contributed by atoms with Gasteiger partial charge in [-0.1, -0.05) is 43.7 Å². The van der Waals surface area contributed by atoms with E-state index in [1.54, 1.807) is 0 Å².